The standard InChI is InChI=1S/C13H13NO3S/c15-13(11-7-3-1-4-8-11)14-18(16,17)12-9-5-2-6-10-12/h1-10,13-15H. The third-order valence-corrected chi connectivity index (χ3v) is 3.86. The van der Waals surface area contributed by atoms with Crippen molar-refractivity contribution in [1.29, 1.82) is 0 Å². The van der Waals surface area contributed by atoms with Gasteiger partial charge in [0.25, 0.3) is 0 Å². The molecule has 0 saturated carbocycles. The zero-order valence-corrected chi connectivity index (χ0v) is 10.3. The topological polar surface area (TPSA) is 66.4 Å². The van der Waals surface area contributed by atoms with E-state index in [2.05, 4.69) is 4.72 Å². The lowest BCUT2D eigenvalue weighted by molar-refractivity contribution is 0.166. The summed E-state index contributed by atoms with van der Waals surface area (Å²) in [5, 5.41) is 9.83. The summed E-state index contributed by atoms with van der Waals surface area (Å²) in [5.41, 5.74) is 0.497. The molecule has 5 heteroatoms. The number of aliphatic hydroxyl groups excluding tert-OH is 1. The van der Waals surface area contributed by atoms with E-state index in [9.17, 15) is 13.5 Å². The van der Waals surface area contributed by atoms with E-state index in [1.54, 1.807) is 48.5 Å². The first kappa shape index (κ1) is 12.8. The van der Waals surface area contributed by atoms with Gasteiger partial charge in [0.1, 0.15) is 6.23 Å². The summed E-state index contributed by atoms with van der Waals surface area (Å²) in [6.45, 7) is 0. The van der Waals surface area contributed by atoms with Crippen molar-refractivity contribution >= 4 is 10.0 Å². The molecule has 2 aromatic rings. The maximum Gasteiger partial charge on any atom is 0.242 e. The number of hydrogen-bond acceptors (Lipinski definition) is 3. The molecule has 0 bridgehead atoms. The van der Waals surface area contributed by atoms with Crippen molar-refractivity contribution < 1.29 is 13.5 Å². The molecule has 0 fully saturated rings. The van der Waals surface area contributed by atoms with Crippen LogP contribution in [0.3, 0.4) is 0 Å². The molecule has 0 aromatic heterocycles. The van der Waals surface area contributed by atoms with Crippen molar-refractivity contribution in [3.05, 3.63) is 66.2 Å². The molecule has 4 nitrogen and oxygen atoms in total. The Balaban J connectivity index is 2.20. The van der Waals surface area contributed by atoms with Crippen LogP contribution < -0.4 is 4.72 Å². The predicted octanol–water partition coefficient (Wildman–Crippen LogP) is 1.66. The first-order chi connectivity index (χ1) is 8.59. The minimum absolute atomic E-state index is 0.125. The van der Waals surface area contributed by atoms with Gasteiger partial charge in [-0.25, -0.2) is 8.42 Å². The Bertz CT molecular complexity index is 597. The quantitative estimate of drug-likeness (QED) is 0.824. The lowest BCUT2D eigenvalue weighted by atomic mass is 10.2. The second-order valence-electron chi connectivity index (χ2n) is 3.75. The smallest absolute Gasteiger partial charge is 0.242 e. The Labute approximate surface area is 106 Å². The lowest BCUT2D eigenvalue weighted by Gasteiger charge is -2.13. The molecular weight excluding hydrogens is 250 g/mol. The van der Waals surface area contributed by atoms with Gasteiger partial charge in [-0.2, -0.15) is 4.72 Å². The van der Waals surface area contributed by atoms with E-state index >= 15 is 0 Å². The van der Waals surface area contributed by atoms with Crippen LogP contribution in [0.1, 0.15) is 11.8 Å². The second-order valence-corrected chi connectivity index (χ2v) is 5.46. The average molecular weight is 263 g/mol. The third kappa shape index (κ3) is 2.95. The fourth-order valence-corrected chi connectivity index (χ4v) is 2.60. The van der Waals surface area contributed by atoms with Gasteiger partial charge in [-0.15, -0.1) is 0 Å². The minimum atomic E-state index is -3.71. The van der Waals surface area contributed by atoms with Crippen molar-refractivity contribution in [2.75, 3.05) is 0 Å². The highest BCUT2D eigenvalue weighted by molar-refractivity contribution is 7.89. The molecule has 0 aliphatic rings. The molecule has 0 saturated heterocycles. The fraction of sp³-hybridized carbons (Fsp3) is 0.0769. The summed E-state index contributed by atoms with van der Waals surface area (Å²) in [7, 11) is -3.71. The van der Waals surface area contributed by atoms with Gasteiger partial charge in [0.2, 0.25) is 10.0 Å². The SMILES string of the molecule is O=S(=O)(NC(O)c1ccccc1)c1ccccc1. The molecule has 0 spiro atoms. The highest BCUT2D eigenvalue weighted by Gasteiger charge is 2.18. The third-order valence-electron chi connectivity index (χ3n) is 2.44. The molecule has 2 aromatic carbocycles. The molecule has 1 unspecified atom stereocenters. The Kier molecular flexibility index (Phi) is 3.76. The minimum Gasteiger partial charge on any atom is -0.373 e. The molecule has 1 atom stereocenters. The van der Waals surface area contributed by atoms with E-state index in [1.165, 1.54) is 12.1 Å². The molecule has 0 heterocycles. The Morgan fingerprint density at radius 1 is 0.889 bits per heavy atom. The average Bonchev–Trinajstić information content (AvgIpc) is 2.40. The predicted molar refractivity (Wildman–Crippen MR) is 68.2 cm³/mol. The highest BCUT2D eigenvalue weighted by Crippen LogP contribution is 2.14. The molecule has 0 aliphatic carbocycles. The largest absolute Gasteiger partial charge is 0.373 e. The van der Waals surface area contributed by atoms with Crippen molar-refractivity contribution in [3.8, 4) is 0 Å². The Hall–Kier alpha value is -1.69. The summed E-state index contributed by atoms with van der Waals surface area (Å²) < 4.78 is 26.1. The molecular formula is C13H13NO3S. The van der Waals surface area contributed by atoms with Crippen molar-refractivity contribution in [1.82, 2.24) is 4.72 Å². The van der Waals surface area contributed by atoms with Crippen LogP contribution in [0.25, 0.3) is 0 Å². The summed E-state index contributed by atoms with van der Waals surface area (Å²) >= 11 is 0. The normalized spacial score (nSPS) is 13.2. The number of benzene rings is 2. The van der Waals surface area contributed by atoms with Gasteiger partial charge < -0.3 is 5.11 Å². The van der Waals surface area contributed by atoms with Crippen LogP contribution >= 0.6 is 0 Å². The molecule has 94 valence electrons. The summed E-state index contributed by atoms with van der Waals surface area (Å²) in [5.74, 6) is 0. The lowest BCUT2D eigenvalue weighted by Crippen LogP contribution is -2.28. The molecule has 2 N–H and O–H groups in total. The van der Waals surface area contributed by atoms with Gasteiger partial charge in [-0.1, -0.05) is 48.5 Å². The monoisotopic (exact) mass is 263 g/mol. The van der Waals surface area contributed by atoms with E-state index in [0.29, 0.717) is 5.56 Å². The summed E-state index contributed by atoms with van der Waals surface area (Å²) in [4.78, 5) is 0.125. The van der Waals surface area contributed by atoms with Crippen LogP contribution in [0, 0.1) is 0 Å². The van der Waals surface area contributed by atoms with Crippen LogP contribution in [0.5, 0.6) is 0 Å². The van der Waals surface area contributed by atoms with Crippen LogP contribution in [0.15, 0.2) is 65.6 Å². The van der Waals surface area contributed by atoms with Gasteiger partial charge >= 0.3 is 0 Å². The van der Waals surface area contributed by atoms with Crippen molar-refractivity contribution in [3.63, 3.8) is 0 Å². The molecule has 0 aliphatic heterocycles. The number of aliphatic hydroxyl groups is 1. The van der Waals surface area contributed by atoms with Crippen LogP contribution in [-0.4, -0.2) is 13.5 Å². The van der Waals surface area contributed by atoms with E-state index in [1.807, 2.05) is 0 Å². The molecule has 0 radical (unpaired) electrons. The van der Waals surface area contributed by atoms with Crippen LogP contribution in [-0.2, 0) is 10.0 Å². The highest BCUT2D eigenvalue weighted by atomic mass is 32.2. The number of rotatable bonds is 4. The zero-order valence-electron chi connectivity index (χ0n) is 9.52. The van der Waals surface area contributed by atoms with E-state index in [0.717, 1.165) is 0 Å². The van der Waals surface area contributed by atoms with Gasteiger partial charge in [0.05, 0.1) is 4.90 Å². The van der Waals surface area contributed by atoms with Gasteiger partial charge in [0.15, 0.2) is 0 Å². The maximum atomic E-state index is 11.9. The first-order valence-electron chi connectivity index (χ1n) is 5.40. The first-order valence-corrected chi connectivity index (χ1v) is 6.88. The number of nitrogens with one attached hydrogen (secondary N) is 1. The summed E-state index contributed by atoms with van der Waals surface area (Å²) in [6.07, 6.45) is -1.25. The maximum absolute atomic E-state index is 11.9. The number of sulfonamides is 1. The Morgan fingerprint density at radius 2 is 1.39 bits per heavy atom. The fourth-order valence-electron chi connectivity index (χ4n) is 1.52. The Morgan fingerprint density at radius 3 is 1.94 bits per heavy atom. The van der Waals surface area contributed by atoms with Crippen molar-refractivity contribution in [2.24, 2.45) is 0 Å². The van der Waals surface area contributed by atoms with Crippen LogP contribution in [0.4, 0.5) is 0 Å². The summed E-state index contributed by atoms with van der Waals surface area (Å²) in [6, 6.07) is 16.5. The van der Waals surface area contributed by atoms with E-state index in [-0.39, 0.29) is 4.90 Å². The van der Waals surface area contributed by atoms with Gasteiger partial charge in [-0.05, 0) is 17.7 Å². The van der Waals surface area contributed by atoms with E-state index in [4.69, 9.17) is 0 Å². The van der Waals surface area contributed by atoms with Crippen molar-refractivity contribution in [2.45, 2.75) is 11.1 Å². The van der Waals surface area contributed by atoms with Crippen LogP contribution in [0.2, 0.25) is 0 Å². The number of hydrogen-bond donors (Lipinski definition) is 2. The zero-order chi connectivity index (χ0) is 13.0. The van der Waals surface area contributed by atoms with Gasteiger partial charge in [0, 0.05) is 0 Å². The van der Waals surface area contributed by atoms with E-state index < -0.39 is 16.3 Å². The second kappa shape index (κ2) is 5.30. The molecule has 18 heavy (non-hydrogen) atoms. The molecule has 0 amide bonds. The van der Waals surface area contributed by atoms with Gasteiger partial charge in [-0.3, -0.25) is 0 Å². The molecule has 2 rings (SSSR count).